The number of halogens is 1. The van der Waals surface area contributed by atoms with Gasteiger partial charge >= 0.3 is 0 Å². The number of fused-ring (bicyclic) bond motifs is 2. The van der Waals surface area contributed by atoms with Crippen molar-refractivity contribution in [3.05, 3.63) is 41.4 Å². The van der Waals surface area contributed by atoms with Crippen LogP contribution in [0.15, 0.2) is 36.4 Å². The number of nitrogens with one attached hydrogen (secondary N) is 1. The Hall–Kier alpha value is -2.65. The number of benzene rings is 2. The summed E-state index contributed by atoms with van der Waals surface area (Å²) in [5.41, 5.74) is 0.840. The third kappa shape index (κ3) is 3.67. The molecule has 2 heterocycles. The molecule has 0 saturated heterocycles. The first-order chi connectivity index (χ1) is 13.3. The van der Waals surface area contributed by atoms with Crippen molar-refractivity contribution >= 4 is 38.9 Å². The van der Waals surface area contributed by atoms with Crippen LogP contribution in [0.1, 0.15) is 6.42 Å². The van der Waals surface area contributed by atoms with Crippen molar-refractivity contribution in [2.75, 3.05) is 29.2 Å². The van der Waals surface area contributed by atoms with Gasteiger partial charge in [0.2, 0.25) is 16.8 Å². The van der Waals surface area contributed by atoms with E-state index in [1.165, 1.54) is 10.4 Å². The van der Waals surface area contributed by atoms with Crippen LogP contribution in [0.4, 0.5) is 11.4 Å². The maximum atomic E-state index is 12.8. The highest BCUT2D eigenvalue weighted by atomic mass is 35.5. The zero-order chi connectivity index (χ0) is 19.9. The Balaban J connectivity index is 1.57. The SMILES string of the molecule is CS(=O)(=O)N1CCC(C(=O)Nc2ccc3c(c2)OCO3)Oc2ccc(Cl)cc21. The van der Waals surface area contributed by atoms with Crippen LogP contribution >= 0.6 is 11.6 Å². The Morgan fingerprint density at radius 3 is 2.68 bits per heavy atom. The summed E-state index contributed by atoms with van der Waals surface area (Å²) in [7, 11) is -3.56. The van der Waals surface area contributed by atoms with Crippen molar-refractivity contribution in [2.45, 2.75) is 12.5 Å². The molecule has 8 nitrogen and oxygen atoms in total. The first-order valence-corrected chi connectivity index (χ1v) is 10.7. The highest BCUT2D eigenvalue weighted by molar-refractivity contribution is 7.92. The number of hydrogen-bond donors (Lipinski definition) is 1. The van der Waals surface area contributed by atoms with Crippen LogP contribution in [0.5, 0.6) is 17.2 Å². The van der Waals surface area contributed by atoms with E-state index in [0.717, 1.165) is 6.26 Å². The molecule has 148 valence electrons. The zero-order valence-corrected chi connectivity index (χ0v) is 16.4. The van der Waals surface area contributed by atoms with E-state index in [1.54, 1.807) is 30.3 Å². The predicted molar refractivity (Wildman–Crippen MR) is 104 cm³/mol. The molecule has 0 spiro atoms. The minimum Gasteiger partial charge on any atom is -0.478 e. The summed E-state index contributed by atoms with van der Waals surface area (Å²) < 4.78 is 42.0. The maximum absolute atomic E-state index is 12.8. The largest absolute Gasteiger partial charge is 0.478 e. The summed E-state index contributed by atoms with van der Waals surface area (Å²) in [5.74, 6) is 1.04. The van der Waals surface area contributed by atoms with Gasteiger partial charge in [-0.05, 0) is 30.3 Å². The first-order valence-electron chi connectivity index (χ1n) is 8.46. The first kappa shape index (κ1) is 18.7. The lowest BCUT2D eigenvalue weighted by atomic mass is 10.2. The topological polar surface area (TPSA) is 94.2 Å². The molecule has 1 N–H and O–H groups in total. The molecule has 4 rings (SSSR count). The molecule has 1 unspecified atom stereocenters. The van der Waals surface area contributed by atoms with Crippen LogP contribution in [0.2, 0.25) is 5.02 Å². The summed E-state index contributed by atoms with van der Waals surface area (Å²) in [6, 6.07) is 9.71. The van der Waals surface area contributed by atoms with Gasteiger partial charge in [0.25, 0.3) is 5.91 Å². The number of amides is 1. The Bertz CT molecular complexity index is 1040. The second kappa shape index (κ2) is 7.06. The van der Waals surface area contributed by atoms with Crippen LogP contribution < -0.4 is 23.8 Å². The second-order valence-electron chi connectivity index (χ2n) is 6.40. The Kier molecular flexibility index (Phi) is 4.72. The number of anilines is 2. The van der Waals surface area contributed by atoms with E-state index in [-0.39, 0.29) is 25.5 Å². The van der Waals surface area contributed by atoms with Gasteiger partial charge in [-0.3, -0.25) is 9.10 Å². The number of carbonyl (C=O) groups is 1. The monoisotopic (exact) mass is 424 g/mol. The molecule has 0 aromatic heterocycles. The van der Waals surface area contributed by atoms with Gasteiger partial charge in [-0.15, -0.1) is 0 Å². The predicted octanol–water partition coefficient (Wildman–Crippen LogP) is 2.62. The second-order valence-corrected chi connectivity index (χ2v) is 8.74. The standard InChI is InChI=1S/C18H17ClN2O6S/c1-28(23,24)21-7-6-16(27-14-4-2-11(19)8-13(14)21)18(22)20-12-3-5-15-17(9-12)26-10-25-15/h2-5,8-9,16H,6-7,10H2,1H3,(H,20,22). The molecular weight excluding hydrogens is 408 g/mol. The summed E-state index contributed by atoms with van der Waals surface area (Å²) in [5, 5.41) is 3.15. The van der Waals surface area contributed by atoms with Gasteiger partial charge in [-0.2, -0.15) is 0 Å². The van der Waals surface area contributed by atoms with E-state index in [2.05, 4.69) is 5.32 Å². The number of carbonyl (C=O) groups excluding carboxylic acids is 1. The average molecular weight is 425 g/mol. The molecule has 0 aliphatic carbocycles. The number of hydrogen-bond acceptors (Lipinski definition) is 6. The molecule has 0 radical (unpaired) electrons. The lowest BCUT2D eigenvalue weighted by Crippen LogP contribution is -2.35. The number of ether oxygens (including phenoxy) is 3. The maximum Gasteiger partial charge on any atom is 0.265 e. The van der Waals surface area contributed by atoms with E-state index < -0.39 is 22.0 Å². The van der Waals surface area contributed by atoms with Crippen molar-refractivity contribution in [2.24, 2.45) is 0 Å². The quantitative estimate of drug-likeness (QED) is 0.814. The average Bonchev–Trinajstić information content (AvgIpc) is 3.00. The molecule has 0 saturated carbocycles. The fourth-order valence-corrected chi connectivity index (χ4v) is 4.18. The van der Waals surface area contributed by atoms with Gasteiger partial charge < -0.3 is 19.5 Å². The Morgan fingerprint density at radius 1 is 1.14 bits per heavy atom. The lowest BCUT2D eigenvalue weighted by molar-refractivity contribution is -0.122. The van der Waals surface area contributed by atoms with Crippen molar-refractivity contribution in [1.29, 1.82) is 0 Å². The molecule has 2 aromatic carbocycles. The molecular formula is C18H17ClN2O6S. The lowest BCUT2D eigenvalue weighted by Gasteiger charge is -2.21. The molecule has 2 aliphatic rings. The summed E-state index contributed by atoms with van der Waals surface area (Å²) in [4.78, 5) is 12.8. The number of nitrogens with zero attached hydrogens (tertiary/aromatic N) is 1. The van der Waals surface area contributed by atoms with E-state index in [1.807, 2.05) is 0 Å². The van der Waals surface area contributed by atoms with Gasteiger partial charge in [0.15, 0.2) is 17.6 Å². The van der Waals surface area contributed by atoms with Gasteiger partial charge in [-0.1, -0.05) is 11.6 Å². The van der Waals surface area contributed by atoms with Gasteiger partial charge in [0.1, 0.15) is 5.75 Å². The minimum absolute atomic E-state index is 0.0887. The van der Waals surface area contributed by atoms with Crippen LogP contribution in [0, 0.1) is 0 Å². The fourth-order valence-electron chi connectivity index (χ4n) is 3.08. The summed E-state index contributed by atoms with van der Waals surface area (Å²) >= 11 is 6.02. The third-order valence-corrected chi connectivity index (χ3v) is 5.80. The number of sulfonamides is 1. The van der Waals surface area contributed by atoms with Crippen LogP contribution in [-0.2, 0) is 14.8 Å². The molecule has 0 bridgehead atoms. The smallest absolute Gasteiger partial charge is 0.265 e. The van der Waals surface area contributed by atoms with Crippen LogP contribution in [-0.4, -0.2) is 40.0 Å². The normalized spacial score (nSPS) is 18.1. The Labute approximate surface area is 167 Å². The fraction of sp³-hybridized carbons (Fsp3) is 0.278. The van der Waals surface area contributed by atoms with Crippen molar-refractivity contribution in [1.82, 2.24) is 0 Å². The van der Waals surface area contributed by atoms with E-state index in [9.17, 15) is 13.2 Å². The van der Waals surface area contributed by atoms with Gasteiger partial charge in [-0.25, -0.2) is 8.42 Å². The minimum atomic E-state index is -3.56. The summed E-state index contributed by atoms with van der Waals surface area (Å²) in [6.45, 7) is 0.227. The van der Waals surface area contributed by atoms with Crippen molar-refractivity contribution < 1.29 is 27.4 Å². The van der Waals surface area contributed by atoms with E-state index in [4.69, 9.17) is 25.8 Å². The molecule has 0 fully saturated rings. The molecule has 1 amide bonds. The third-order valence-electron chi connectivity index (χ3n) is 4.39. The van der Waals surface area contributed by atoms with E-state index in [0.29, 0.717) is 27.9 Å². The molecule has 1 atom stereocenters. The Morgan fingerprint density at radius 2 is 1.89 bits per heavy atom. The summed E-state index contributed by atoms with van der Waals surface area (Å²) in [6.07, 6.45) is 0.401. The molecule has 10 heteroatoms. The highest BCUT2D eigenvalue weighted by Gasteiger charge is 2.31. The van der Waals surface area contributed by atoms with Crippen LogP contribution in [0.25, 0.3) is 0 Å². The van der Waals surface area contributed by atoms with Crippen molar-refractivity contribution in [3.63, 3.8) is 0 Å². The van der Waals surface area contributed by atoms with Crippen LogP contribution in [0.3, 0.4) is 0 Å². The number of rotatable bonds is 3. The van der Waals surface area contributed by atoms with Crippen molar-refractivity contribution in [3.8, 4) is 17.2 Å². The van der Waals surface area contributed by atoms with Gasteiger partial charge in [0, 0.05) is 29.7 Å². The molecule has 2 aromatic rings. The highest BCUT2D eigenvalue weighted by Crippen LogP contribution is 2.37. The van der Waals surface area contributed by atoms with E-state index >= 15 is 0 Å². The van der Waals surface area contributed by atoms with Gasteiger partial charge in [0.05, 0.1) is 11.9 Å². The zero-order valence-electron chi connectivity index (χ0n) is 14.8. The molecule has 2 aliphatic heterocycles. The molecule has 28 heavy (non-hydrogen) atoms.